The first-order valence-corrected chi connectivity index (χ1v) is 8.29. The summed E-state index contributed by atoms with van der Waals surface area (Å²) < 4.78 is 27.6. The minimum Gasteiger partial charge on any atom is -0.399 e. The molecular weight excluding hydrogens is 308 g/mol. The molecule has 6 heteroatoms. The lowest BCUT2D eigenvalue weighted by Gasteiger charge is -2.16. The van der Waals surface area contributed by atoms with Gasteiger partial charge in [-0.3, -0.25) is 0 Å². The molecule has 0 amide bonds. The summed E-state index contributed by atoms with van der Waals surface area (Å²) in [4.78, 5) is 0.191. The van der Waals surface area contributed by atoms with Crippen LogP contribution in [0.3, 0.4) is 0 Å². The van der Waals surface area contributed by atoms with Crippen LogP contribution in [0.5, 0.6) is 0 Å². The van der Waals surface area contributed by atoms with Gasteiger partial charge in [0.2, 0.25) is 10.0 Å². The monoisotopic (exact) mass is 324 g/mol. The van der Waals surface area contributed by atoms with E-state index in [0.717, 1.165) is 5.56 Å². The van der Waals surface area contributed by atoms with Crippen LogP contribution in [0.15, 0.2) is 47.4 Å². The van der Waals surface area contributed by atoms with Crippen molar-refractivity contribution in [3.05, 3.63) is 58.6 Å². The molecule has 0 radical (unpaired) electrons. The SMILES string of the molecule is Cc1ccc(N)cc1S(=O)(=O)NC(C)c1cccc(Cl)c1. The van der Waals surface area contributed by atoms with Crippen LogP contribution in [0.4, 0.5) is 5.69 Å². The number of nitrogen functional groups attached to an aromatic ring is 1. The predicted octanol–water partition coefficient (Wildman–Crippen LogP) is 3.27. The largest absolute Gasteiger partial charge is 0.399 e. The first-order chi connectivity index (χ1) is 9.79. The number of rotatable bonds is 4. The second-order valence-electron chi connectivity index (χ2n) is 4.92. The van der Waals surface area contributed by atoms with Gasteiger partial charge in [-0.25, -0.2) is 13.1 Å². The average Bonchev–Trinajstić information content (AvgIpc) is 2.41. The van der Waals surface area contributed by atoms with Crippen molar-refractivity contribution in [2.45, 2.75) is 24.8 Å². The van der Waals surface area contributed by atoms with Crippen LogP contribution in [0.25, 0.3) is 0 Å². The van der Waals surface area contributed by atoms with Gasteiger partial charge in [-0.15, -0.1) is 0 Å². The summed E-state index contributed by atoms with van der Waals surface area (Å²) in [6.45, 7) is 3.50. The van der Waals surface area contributed by atoms with Crippen molar-refractivity contribution < 1.29 is 8.42 Å². The molecule has 0 aliphatic carbocycles. The Balaban J connectivity index is 2.31. The summed E-state index contributed by atoms with van der Waals surface area (Å²) >= 11 is 5.93. The fraction of sp³-hybridized carbons (Fsp3) is 0.200. The summed E-state index contributed by atoms with van der Waals surface area (Å²) in [5, 5.41) is 0.568. The summed E-state index contributed by atoms with van der Waals surface area (Å²) in [6.07, 6.45) is 0. The average molecular weight is 325 g/mol. The summed E-state index contributed by atoms with van der Waals surface area (Å²) in [5.74, 6) is 0. The third-order valence-electron chi connectivity index (χ3n) is 3.18. The second kappa shape index (κ2) is 6.05. The molecule has 112 valence electrons. The van der Waals surface area contributed by atoms with Crippen LogP contribution in [0.2, 0.25) is 5.02 Å². The number of nitrogens with two attached hydrogens (primary N) is 1. The van der Waals surface area contributed by atoms with Gasteiger partial charge in [-0.2, -0.15) is 0 Å². The molecule has 0 fully saturated rings. The third-order valence-corrected chi connectivity index (χ3v) is 5.10. The Labute approximate surface area is 130 Å². The molecule has 4 nitrogen and oxygen atoms in total. The Morgan fingerprint density at radius 2 is 1.90 bits per heavy atom. The van der Waals surface area contributed by atoms with Crippen molar-refractivity contribution in [1.82, 2.24) is 4.72 Å². The van der Waals surface area contributed by atoms with E-state index in [1.807, 2.05) is 6.07 Å². The van der Waals surface area contributed by atoms with Crippen LogP contribution in [-0.2, 0) is 10.0 Å². The van der Waals surface area contributed by atoms with Crippen LogP contribution < -0.4 is 10.5 Å². The van der Waals surface area contributed by atoms with E-state index in [1.165, 1.54) is 6.07 Å². The van der Waals surface area contributed by atoms with Gasteiger partial charge in [-0.1, -0.05) is 29.8 Å². The Morgan fingerprint density at radius 1 is 1.19 bits per heavy atom. The van der Waals surface area contributed by atoms with E-state index in [4.69, 9.17) is 17.3 Å². The maximum absolute atomic E-state index is 12.5. The molecule has 0 aliphatic rings. The van der Waals surface area contributed by atoms with Crippen molar-refractivity contribution in [3.63, 3.8) is 0 Å². The lowest BCUT2D eigenvalue weighted by molar-refractivity contribution is 0.566. The van der Waals surface area contributed by atoms with Crippen LogP contribution in [0.1, 0.15) is 24.1 Å². The van der Waals surface area contributed by atoms with Crippen LogP contribution in [-0.4, -0.2) is 8.42 Å². The van der Waals surface area contributed by atoms with Gasteiger partial charge in [-0.05, 0) is 49.2 Å². The number of halogens is 1. The van der Waals surface area contributed by atoms with E-state index in [1.54, 1.807) is 44.2 Å². The van der Waals surface area contributed by atoms with Crippen LogP contribution >= 0.6 is 11.6 Å². The van der Waals surface area contributed by atoms with Gasteiger partial charge in [0, 0.05) is 16.8 Å². The highest BCUT2D eigenvalue weighted by molar-refractivity contribution is 7.89. The molecule has 1 unspecified atom stereocenters. The third kappa shape index (κ3) is 3.75. The molecule has 0 spiro atoms. The van der Waals surface area contributed by atoms with Crippen molar-refractivity contribution in [2.75, 3.05) is 5.73 Å². The second-order valence-corrected chi connectivity index (χ2v) is 7.04. The molecule has 3 N–H and O–H groups in total. The highest BCUT2D eigenvalue weighted by Gasteiger charge is 2.20. The fourth-order valence-electron chi connectivity index (χ4n) is 2.05. The molecule has 0 saturated heterocycles. The van der Waals surface area contributed by atoms with Gasteiger partial charge in [0.25, 0.3) is 0 Å². The van der Waals surface area contributed by atoms with Crippen molar-refractivity contribution in [1.29, 1.82) is 0 Å². The van der Waals surface area contributed by atoms with Gasteiger partial charge in [0.1, 0.15) is 0 Å². The minimum atomic E-state index is -3.65. The van der Waals surface area contributed by atoms with E-state index in [-0.39, 0.29) is 4.90 Å². The van der Waals surface area contributed by atoms with Gasteiger partial charge in [0.05, 0.1) is 4.90 Å². The van der Waals surface area contributed by atoms with E-state index in [0.29, 0.717) is 16.3 Å². The number of benzene rings is 2. The van der Waals surface area contributed by atoms with E-state index < -0.39 is 16.1 Å². The fourth-order valence-corrected chi connectivity index (χ4v) is 3.76. The highest BCUT2D eigenvalue weighted by atomic mass is 35.5. The Hall–Kier alpha value is -1.56. The summed E-state index contributed by atoms with van der Waals surface area (Å²) in [5.41, 5.74) is 7.54. The molecular formula is C15H17ClN2O2S. The topological polar surface area (TPSA) is 72.2 Å². The number of hydrogen-bond donors (Lipinski definition) is 2. The maximum atomic E-state index is 12.5. The molecule has 0 heterocycles. The van der Waals surface area contributed by atoms with E-state index in [9.17, 15) is 8.42 Å². The normalized spacial score (nSPS) is 13.1. The minimum absolute atomic E-state index is 0.191. The molecule has 2 rings (SSSR count). The quantitative estimate of drug-likeness (QED) is 0.848. The lowest BCUT2D eigenvalue weighted by Crippen LogP contribution is -2.27. The first kappa shape index (κ1) is 15.8. The number of nitrogens with one attached hydrogen (secondary N) is 1. The van der Waals surface area contributed by atoms with E-state index in [2.05, 4.69) is 4.72 Å². The molecule has 1 atom stereocenters. The highest BCUT2D eigenvalue weighted by Crippen LogP contribution is 2.22. The Bertz CT molecular complexity index is 760. The number of hydrogen-bond acceptors (Lipinski definition) is 3. The molecule has 2 aromatic rings. The van der Waals surface area contributed by atoms with Crippen LogP contribution in [0, 0.1) is 6.92 Å². The number of anilines is 1. The van der Waals surface area contributed by atoms with Crippen molar-refractivity contribution in [3.8, 4) is 0 Å². The first-order valence-electron chi connectivity index (χ1n) is 6.43. The molecule has 0 saturated carbocycles. The van der Waals surface area contributed by atoms with Crippen molar-refractivity contribution in [2.24, 2.45) is 0 Å². The standard InChI is InChI=1S/C15H17ClN2O2S/c1-10-6-7-14(17)9-15(10)21(19,20)18-11(2)12-4-3-5-13(16)8-12/h3-9,11,18H,17H2,1-2H3. The van der Waals surface area contributed by atoms with E-state index >= 15 is 0 Å². The van der Waals surface area contributed by atoms with Gasteiger partial charge < -0.3 is 5.73 Å². The maximum Gasteiger partial charge on any atom is 0.241 e. The predicted molar refractivity (Wildman–Crippen MR) is 85.8 cm³/mol. The molecule has 0 bridgehead atoms. The van der Waals surface area contributed by atoms with Gasteiger partial charge in [0.15, 0.2) is 0 Å². The molecule has 0 aliphatic heterocycles. The summed E-state index contributed by atoms with van der Waals surface area (Å²) in [7, 11) is -3.65. The zero-order chi connectivity index (χ0) is 15.6. The molecule has 2 aromatic carbocycles. The van der Waals surface area contributed by atoms with Crippen molar-refractivity contribution >= 4 is 27.3 Å². The Morgan fingerprint density at radius 3 is 2.57 bits per heavy atom. The van der Waals surface area contributed by atoms with Gasteiger partial charge >= 0.3 is 0 Å². The lowest BCUT2D eigenvalue weighted by atomic mass is 10.1. The zero-order valence-electron chi connectivity index (χ0n) is 11.8. The molecule has 0 aromatic heterocycles. The Kier molecular flexibility index (Phi) is 4.56. The zero-order valence-corrected chi connectivity index (χ0v) is 13.4. The molecule has 21 heavy (non-hydrogen) atoms. The number of sulfonamides is 1. The summed E-state index contributed by atoms with van der Waals surface area (Å²) in [6, 6.07) is 11.5. The number of aryl methyl sites for hydroxylation is 1. The smallest absolute Gasteiger partial charge is 0.241 e.